The summed E-state index contributed by atoms with van der Waals surface area (Å²) in [6.45, 7) is 0. The number of H-pyrrole nitrogens is 1. The van der Waals surface area contributed by atoms with Gasteiger partial charge in [0, 0.05) is 22.0 Å². The van der Waals surface area contributed by atoms with Gasteiger partial charge < -0.3 is 14.1 Å². The van der Waals surface area contributed by atoms with E-state index in [9.17, 15) is 0 Å². The van der Waals surface area contributed by atoms with Crippen molar-refractivity contribution in [2.24, 2.45) is 5.10 Å². The van der Waals surface area contributed by atoms with Crippen LogP contribution >= 0.6 is 23.2 Å². The maximum atomic E-state index is 6.43. The van der Waals surface area contributed by atoms with Gasteiger partial charge in [0.15, 0.2) is 5.58 Å². The van der Waals surface area contributed by atoms with Gasteiger partial charge in [0.1, 0.15) is 11.5 Å². The molecule has 0 bridgehead atoms. The lowest BCUT2D eigenvalue weighted by Gasteiger charge is -2.08. The van der Waals surface area contributed by atoms with Gasteiger partial charge in [-0.05, 0) is 48.5 Å². The highest BCUT2D eigenvalue weighted by atomic mass is 35.5. The molecule has 5 rings (SSSR count). The van der Waals surface area contributed by atoms with E-state index >= 15 is 0 Å². The third kappa shape index (κ3) is 3.83. The molecule has 0 unspecified atom stereocenters. The van der Waals surface area contributed by atoms with Crippen LogP contribution in [0.5, 0.6) is 5.75 Å². The van der Waals surface area contributed by atoms with Crippen molar-refractivity contribution in [3.05, 3.63) is 82.1 Å². The first-order valence-corrected chi connectivity index (χ1v) is 10.2. The van der Waals surface area contributed by atoms with Crippen LogP contribution in [0.1, 0.15) is 0 Å². The molecule has 0 amide bonds. The average molecular weight is 451 g/mol. The largest absolute Gasteiger partial charge is 0.497 e. The van der Waals surface area contributed by atoms with Gasteiger partial charge in [-0.3, -0.25) is 0 Å². The van der Waals surface area contributed by atoms with Crippen LogP contribution in [0.4, 0.5) is 5.95 Å². The fourth-order valence-electron chi connectivity index (χ4n) is 3.30. The highest BCUT2D eigenvalue weighted by molar-refractivity contribution is 6.38. The number of ether oxygens (including phenoxy) is 1. The Morgan fingerprint density at radius 3 is 2.61 bits per heavy atom. The monoisotopic (exact) mass is 450 g/mol. The summed E-state index contributed by atoms with van der Waals surface area (Å²) in [4.78, 5) is 7.68. The maximum absolute atomic E-state index is 6.43. The van der Waals surface area contributed by atoms with Crippen LogP contribution in [-0.2, 0) is 0 Å². The van der Waals surface area contributed by atoms with Crippen molar-refractivity contribution in [3.8, 4) is 17.1 Å². The Hall–Kier alpha value is -3.48. The summed E-state index contributed by atoms with van der Waals surface area (Å²) in [5.41, 5.74) is 6.10. The summed E-state index contributed by atoms with van der Waals surface area (Å²) in [7, 11) is 1.62. The second-order valence-electron chi connectivity index (χ2n) is 6.81. The zero-order valence-electron chi connectivity index (χ0n) is 16.3. The van der Waals surface area contributed by atoms with Crippen LogP contribution in [0.15, 0.2) is 76.2 Å². The molecule has 154 valence electrons. The van der Waals surface area contributed by atoms with Gasteiger partial charge in [-0.1, -0.05) is 35.3 Å². The second kappa shape index (κ2) is 7.98. The number of rotatable bonds is 4. The van der Waals surface area contributed by atoms with E-state index in [4.69, 9.17) is 32.4 Å². The minimum atomic E-state index is 0.401. The molecule has 31 heavy (non-hydrogen) atoms. The van der Waals surface area contributed by atoms with E-state index in [-0.39, 0.29) is 0 Å². The van der Waals surface area contributed by atoms with Crippen molar-refractivity contribution < 1.29 is 9.15 Å². The number of aromatic amines is 1. The summed E-state index contributed by atoms with van der Waals surface area (Å²) in [6, 6.07) is 20.5. The van der Waals surface area contributed by atoms with Gasteiger partial charge >= 0.3 is 0 Å². The number of methoxy groups -OCH3 is 1. The standard InChI is InChI=1S/C23H16Cl2N4O2/c1-30-15-8-6-13(7-9-15)21-12-20(16-10-14(24)11-17(25)22(16)31-21)28-29-23-26-18-4-2-3-5-19(18)27-23/h2-12H,1H3,(H2,26,27,29). The fraction of sp³-hybridized carbons (Fsp3) is 0.0435. The van der Waals surface area contributed by atoms with E-state index in [1.54, 1.807) is 19.2 Å². The number of para-hydroxylation sites is 2. The zero-order chi connectivity index (χ0) is 21.4. The lowest BCUT2D eigenvalue weighted by molar-refractivity contribution is 0.415. The van der Waals surface area contributed by atoms with Gasteiger partial charge in [-0.25, -0.2) is 10.4 Å². The van der Waals surface area contributed by atoms with Gasteiger partial charge in [0.25, 0.3) is 0 Å². The average Bonchev–Trinajstić information content (AvgIpc) is 3.21. The molecule has 0 aliphatic rings. The zero-order valence-corrected chi connectivity index (χ0v) is 17.8. The first-order valence-electron chi connectivity index (χ1n) is 9.42. The highest BCUT2D eigenvalue weighted by Gasteiger charge is 2.11. The van der Waals surface area contributed by atoms with E-state index < -0.39 is 0 Å². The van der Waals surface area contributed by atoms with Crippen molar-refractivity contribution in [2.45, 2.75) is 0 Å². The number of hydrogen-bond acceptors (Lipinski definition) is 5. The smallest absolute Gasteiger partial charge is 0.222 e. The summed E-state index contributed by atoms with van der Waals surface area (Å²) in [5, 5.41) is 6.74. The van der Waals surface area contributed by atoms with Crippen molar-refractivity contribution in [3.63, 3.8) is 0 Å². The van der Waals surface area contributed by atoms with Crippen LogP contribution < -0.4 is 15.5 Å². The first kappa shape index (κ1) is 19.5. The number of nitrogens with one attached hydrogen (secondary N) is 2. The van der Waals surface area contributed by atoms with E-state index in [0.717, 1.165) is 22.3 Å². The summed E-state index contributed by atoms with van der Waals surface area (Å²) in [5.74, 6) is 1.88. The van der Waals surface area contributed by atoms with Gasteiger partial charge in [0.2, 0.25) is 5.95 Å². The van der Waals surface area contributed by atoms with Crippen LogP contribution in [0, 0.1) is 0 Å². The molecule has 0 saturated heterocycles. The third-order valence-corrected chi connectivity index (χ3v) is 5.31. The molecule has 0 saturated carbocycles. The number of imidazole rings is 1. The molecule has 0 spiro atoms. The predicted octanol–water partition coefficient (Wildman–Crippen LogP) is 6.22. The Labute approximate surface area is 187 Å². The second-order valence-corrected chi connectivity index (χ2v) is 7.66. The van der Waals surface area contributed by atoms with E-state index in [2.05, 4.69) is 20.5 Å². The highest BCUT2D eigenvalue weighted by Crippen LogP contribution is 2.30. The Kier molecular flexibility index (Phi) is 5.02. The first-order chi connectivity index (χ1) is 15.1. The molecule has 6 nitrogen and oxygen atoms in total. The number of nitrogens with zero attached hydrogens (tertiary/aromatic N) is 2. The lowest BCUT2D eigenvalue weighted by Crippen LogP contribution is -2.08. The maximum Gasteiger partial charge on any atom is 0.222 e. The van der Waals surface area contributed by atoms with Crippen LogP contribution in [0.25, 0.3) is 33.3 Å². The molecule has 3 aromatic carbocycles. The SMILES string of the molecule is COc1ccc(-c2cc(=NNc3nc4ccccc4[nH]3)c3cc(Cl)cc(Cl)c3o2)cc1. The molecule has 0 aliphatic carbocycles. The van der Waals surface area contributed by atoms with Gasteiger partial charge in [0.05, 0.1) is 28.5 Å². The summed E-state index contributed by atoms with van der Waals surface area (Å²) >= 11 is 12.7. The summed E-state index contributed by atoms with van der Waals surface area (Å²) < 4.78 is 11.3. The molecule has 8 heteroatoms. The number of fused-ring (bicyclic) bond motifs is 2. The predicted molar refractivity (Wildman–Crippen MR) is 124 cm³/mol. The van der Waals surface area contributed by atoms with Gasteiger partial charge in [-0.2, -0.15) is 5.10 Å². The number of halogens is 2. The molecular weight excluding hydrogens is 435 g/mol. The number of benzene rings is 3. The van der Waals surface area contributed by atoms with E-state index in [1.165, 1.54) is 0 Å². The molecule has 0 aliphatic heterocycles. The quantitative estimate of drug-likeness (QED) is 0.318. The van der Waals surface area contributed by atoms with Crippen LogP contribution in [-0.4, -0.2) is 17.1 Å². The topological polar surface area (TPSA) is 75.4 Å². The molecular formula is C23H16Cl2N4O2. The summed E-state index contributed by atoms with van der Waals surface area (Å²) in [6.07, 6.45) is 0. The molecule has 0 fully saturated rings. The number of hydrogen-bond donors (Lipinski definition) is 2. The van der Waals surface area contributed by atoms with Crippen LogP contribution in [0.2, 0.25) is 10.0 Å². The Bertz CT molecular complexity index is 1440. The number of aromatic nitrogens is 2. The van der Waals surface area contributed by atoms with Crippen molar-refractivity contribution >= 4 is 51.2 Å². The lowest BCUT2D eigenvalue weighted by atomic mass is 10.1. The Morgan fingerprint density at radius 1 is 1.03 bits per heavy atom. The van der Waals surface area contributed by atoms with E-state index in [1.807, 2.05) is 54.6 Å². The normalized spacial score (nSPS) is 11.9. The minimum absolute atomic E-state index is 0.401. The van der Waals surface area contributed by atoms with Crippen molar-refractivity contribution in [1.82, 2.24) is 9.97 Å². The fourth-order valence-corrected chi connectivity index (χ4v) is 3.84. The molecule has 2 aromatic heterocycles. The van der Waals surface area contributed by atoms with Crippen molar-refractivity contribution in [1.29, 1.82) is 0 Å². The Balaban J connectivity index is 1.66. The Morgan fingerprint density at radius 2 is 1.84 bits per heavy atom. The third-order valence-electron chi connectivity index (χ3n) is 4.81. The molecule has 0 radical (unpaired) electrons. The van der Waals surface area contributed by atoms with Crippen LogP contribution in [0.3, 0.4) is 0 Å². The molecule has 2 heterocycles. The minimum Gasteiger partial charge on any atom is -0.497 e. The van der Waals surface area contributed by atoms with Crippen molar-refractivity contribution in [2.75, 3.05) is 12.5 Å². The van der Waals surface area contributed by atoms with E-state index in [0.29, 0.717) is 38.1 Å². The molecule has 0 atom stereocenters. The number of anilines is 1. The molecule has 5 aromatic rings. The molecule has 2 N–H and O–H groups in total. The van der Waals surface area contributed by atoms with Gasteiger partial charge in [-0.15, -0.1) is 0 Å².